The topological polar surface area (TPSA) is 59.3 Å². The van der Waals surface area contributed by atoms with E-state index in [0.29, 0.717) is 22.6 Å². The van der Waals surface area contributed by atoms with E-state index < -0.39 is 0 Å². The molecule has 0 atom stereocenters. The highest BCUT2D eigenvalue weighted by molar-refractivity contribution is 6.09. The number of carbonyl (C=O) groups is 2. The molecule has 0 spiro atoms. The van der Waals surface area contributed by atoms with Crippen molar-refractivity contribution in [3.05, 3.63) is 89.7 Å². The van der Waals surface area contributed by atoms with E-state index in [1.165, 1.54) is 0 Å². The van der Waals surface area contributed by atoms with Gasteiger partial charge in [-0.1, -0.05) is 18.2 Å². The van der Waals surface area contributed by atoms with Crippen molar-refractivity contribution in [2.75, 3.05) is 12.4 Å². The van der Waals surface area contributed by atoms with E-state index in [0.717, 1.165) is 5.69 Å². The number of carbonyl (C=O) groups excluding carboxylic acids is 2. The van der Waals surface area contributed by atoms with Crippen LogP contribution in [0.5, 0.6) is 5.75 Å². The minimum atomic E-state index is -0.275. The van der Waals surface area contributed by atoms with Gasteiger partial charge in [0.15, 0.2) is 17.7 Å². The average Bonchev–Trinajstić information content (AvgIpc) is 2.70. The summed E-state index contributed by atoms with van der Waals surface area (Å²) in [5, 5.41) is 2.84. The van der Waals surface area contributed by atoms with Crippen LogP contribution in [0, 0.1) is 0 Å². The van der Waals surface area contributed by atoms with Gasteiger partial charge in [0.2, 0.25) is 0 Å². The molecule has 5 heteroatoms. The summed E-state index contributed by atoms with van der Waals surface area (Å²) in [7, 11) is 3.48. The van der Waals surface area contributed by atoms with E-state index in [-0.39, 0.29) is 18.1 Å². The molecule has 5 nitrogen and oxygen atoms in total. The van der Waals surface area contributed by atoms with Crippen molar-refractivity contribution in [3.63, 3.8) is 0 Å². The maximum absolute atomic E-state index is 12.8. The molecule has 0 bridgehead atoms. The standard InChI is InChI=1S/C22H20N2O3/c1-24-14-6-5-7-17(24)15-21(25)19-8-3-4-9-20(19)23-22(26)16-10-12-18(27-2)13-11-16/h3-14H,15H2,1-2H3/p+1. The molecule has 1 heterocycles. The van der Waals surface area contributed by atoms with Crippen LogP contribution in [0.4, 0.5) is 5.69 Å². The van der Waals surface area contributed by atoms with Gasteiger partial charge in [-0.3, -0.25) is 9.59 Å². The Morgan fingerprint density at radius 2 is 1.67 bits per heavy atom. The fraction of sp³-hybridized carbons (Fsp3) is 0.136. The number of nitrogens with zero attached hydrogens (tertiary/aromatic N) is 1. The summed E-state index contributed by atoms with van der Waals surface area (Å²) in [6.45, 7) is 0. The Hall–Kier alpha value is -3.47. The minimum Gasteiger partial charge on any atom is -0.497 e. The first kappa shape index (κ1) is 18.3. The number of aromatic nitrogens is 1. The lowest BCUT2D eigenvalue weighted by Gasteiger charge is -2.10. The molecule has 1 N–H and O–H groups in total. The smallest absolute Gasteiger partial charge is 0.255 e. The zero-order valence-electron chi connectivity index (χ0n) is 15.3. The molecule has 136 valence electrons. The number of pyridine rings is 1. The van der Waals surface area contributed by atoms with Crippen LogP contribution in [0.1, 0.15) is 26.4 Å². The molecular formula is C22H21N2O3+. The number of ether oxygens (including phenoxy) is 1. The predicted octanol–water partition coefficient (Wildman–Crippen LogP) is 3.20. The van der Waals surface area contributed by atoms with Gasteiger partial charge in [-0.25, -0.2) is 4.57 Å². The maximum Gasteiger partial charge on any atom is 0.255 e. The van der Waals surface area contributed by atoms with Crippen molar-refractivity contribution in [3.8, 4) is 5.75 Å². The molecule has 0 saturated carbocycles. The van der Waals surface area contributed by atoms with Crippen LogP contribution in [0.3, 0.4) is 0 Å². The normalized spacial score (nSPS) is 10.3. The molecule has 0 aliphatic heterocycles. The molecule has 1 amide bonds. The van der Waals surface area contributed by atoms with Crippen LogP contribution < -0.4 is 14.6 Å². The van der Waals surface area contributed by atoms with Crippen LogP contribution in [0.25, 0.3) is 0 Å². The minimum absolute atomic E-state index is 0.0533. The summed E-state index contributed by atoms with van der Waals surface area (Å²) in [6.07, 6.45) is 2.16. The highest BCUT2D eigenvalue weighted by atomic mass is 16.5. The summed E-state index contributed by atoms with van der Waals surface area (Å²) < 4.78 is 7.02. The lowest BCUT2D eigenvalue weighted by atomic mass is 10.0. The number of aryl methyl sites for hydroxylation is 1. The number of methoxy groups -OCH3 is 1. The van der Waals surface area contributed by atoms with Crippen molar-refractivity contribution in [1.29, 1.82) is 0 Å². The molecule has 0 unspecified atom stereocenters. The van der Waals surface area contributed by atoms with Gasteiger partial charge in [0.1, 0.15) is 12.8 Å². The second-order valence-corrected chi connectivity index (χ2v) is 6.13. The quantitative estimate of drug-likeness (QED) is 0.542. The first-order valence-corrected chi connectivity index (χ1v) is 8.59. The van der Waals surface area contributed by atoms with Gasteiger partial charge in [-0.15, -0.1) is 0 Å². The molecule has 0 aliphatic rings. The Morgan fingerprint density at radius 1 is 0.963 bits per heavy atom. The second kappa shape index (κ2) is 8.27. The zero-order valence-corrected chi connectivity index (χ0v) is 15.3. The fourth-order valence-corrected chi connectivity index (χ4v) is 2.77. The van der Waals surface area contributed by atoms with Crippen molar-refractivity contribution < 1.29 is 18.9 Å². The number of Topliss-reactive ketones (excluding diaryl/α,β-unsaturated/α-hetero) is 1. The molecule has 0 fully saturated rings. The number of anilines is 1. The molecule has 2 aromatic carbocycles. The second-order valence-electron chi connectivity index (χ2n) is 6.13. The number of amides is 1. The van der Waals surface area contributed by atoms with Gasteiger partial charge in [-0.05, 0) is 36.4 Å². The summed E-state index contributed by atoms with van der Waals surface area (Å²) in [4.78, 5) is 25.3. The number of para-hydroxylation sites is 1. The molecule has 1 aromatic heterocycles. The summed E-state index contributed by atoms with van der Waals surface area (Å²) >= 11 is 0. The number of ketones is 1. The van der Waals surface area contributed by atoms with Gasteiger partial charge >= 0.3 is 0 Å². The lowest BCUT2D eigenvalue weighted by molar-refractivity contribution is -0.678. The Balaban J connectivity index is 1.79. The number of hydrogen-bond acceptors (Lipinski definition) is 3. The van der Waals surface area contributed by atoms with Crippen molar-refractivity contribution in [2.24, 2.45) is 7.05 Å². The molecule has 27 heavy (non-hydrogen) atoms. The molecular weight excluding hydrogens is 340 g/mol. The van der Waals surface area contributed by atoms with Gasteiger partial charge in [0.05, 0.1) is 19.2 Å². The van der Waals surface area contributed by atoms with Gasteiger partial charge in [0, 0.05) is 23.3 Å². The Morgan fingerprint density at radius 3 is 2.37 bits per heavy atom. The molecule has 0 saturated heterocycles. The first-order chi connectivity index (χ1) is 13.1. The largest absolute Gasteiger partial charge is 0.497 e. The van der Waals surface area contributed by atoms with Gasteiger partial charge in [-0.2, -0.15) is 0 Å². The predicted molar refractivity (Wildman–Crippen MR) is 103 cm³/mol. The Bertz CT molecular complexity index is 965. The van der Waals surface area contributed by atoms with E-state index in [9.17, 15) is 9.59 Å². The number of rotatable bonds is 6. The van der Waals surface area contributed by atoms with E-state index in [4.69, 9.17) is 4.74 Å². The monoisotopic (exact) mass is 361 g/mol. The third-order valence-corrected chi connectivity index (χ3v) is 4.33. The van der Waals surface area contributed by atoms with E-state index in [2.05, 4.69) is 5.32 Å². The van der Waals surface area contributed by atoms with Crippen LogP contribution >= 0.6 is 0 Å². The van der Waals surface area contributed by atoms with Crippen molar-refractivity contribution in [2.45, 2.75) is 6.42 Å². The highest BCUT2D eigenvalue weighted by Gasteiger charge is 2.18. The first-order valence-electron chi connectivity index (χ1n) is 8.59. The third-order valence-electron chi connectivity index (χ3n) is 4.33. The lowest BCUT2D eigenvalue weighted by Crippen LogP contribution is -2.34. The summed E-state index contributed by atoms with van der Waals surface area (Å²) in [6, 6.07) is 19.6. The Kier molecular flexibility index (Phi) is 5.61. The average molecular weight is 361 g/mol. The van der Waals surface area contributed by atoms with Crippen molar-refractivity contribution in [1.82, 2.24) is 0 Å². The van der Waals surface area contributed by atoms with Crippen molar-refractivity contribution >= 4 is 17.4 Å². The maximum atomic E-state index is 12.8. The van der Waals surface area contributed by atoms with Crippen LogP contribution in [0.2, 0.25) is 0 Å². The SMILES string of the molecule is COc1ccc(C(=O)Nc2ccccc2C(=O)Cc2cccc[n+]2C)cc1. The summed E-state index contributed by atoms with van der Waals surface area (Å²) in [5.41, 5.74) is 2.39. The summed E-state index contributed by atoms with van der Waals surface area (Å²) in [5.74, 6) is 0.350. The van der Waals surface area contributed by atoms with Crippen LogP contribution in [0.15, 0.2) is 72.9 Å². The van der Waals surface area contributed by atoms with E-state index >= 15 is 0 Å². The third kappa shape index (κ3) is 4.39. The fourth-order valence-electron chi connectivity index (χ4n) is 2.77. The molecule has 3 rings (SSSR count). The molecule has 3 aromatic rings. The van der Waals surface area contributed by atoms with E-state index in [1.807, 2.05) is 36.0 Å². The zero-order chi connectivity index (χ0) is 19.2. The van der Waals surface area contributed by atoms with Crippen LogP contribution in [-0.2, 0) is 13.5 Å². The van der Waals surface area contributed by atoms with Crippen LogP contribution in [-0.4, -0.2) is 18.8 Å². The molecule has 0 aliphatic carbocycles. The van der Waals surface area contributed by atoms with Gasteiger partial charge in [0.25, 0.3) is 5.91 Å². The number of hydrogen-bond donors (Lipinski definition) is 1. The Labute approximate surface area is 158 Å². The molecule has 0 radical (unpaired) electrons. The number of nitrogens with one attached hydrogen (secondary N) is 1. The van der Waals surface area contributed by atoms with Gasteiger partial charge < -0.3 is 10.1 Å². The number of benzene rings is 2. The van der Waals surface area contributed by atoms with E-state index in [1.54, 1.807) is 55.6 Å². The highest BCUT2D eigenvalue weighted by Crippen LogP contribution is 2.19.